The van der Waals surface area contributed by atoms with Crippen molar-refractivity contribution in [3.63, 3.8) is 0 Å². The Morgan fingerprint density at radius 3 is 2.78 bits per heavy atom. The van der Waals surface area contributed by atoms with Gasteiger partial charge in [-0.3, -0.25) is 0 Å². The van der Waals surface area contributed by atoms with E-state index in [2.05, 4.69) is 27.2 Å². The molecular weight excluding hydrogens is 293 g/mol. The molecule has 0 radical (unpaired) electrons. The van der Waals surface area contributed by atoms with Crippen molar-refractivity contribution in [2.75, 3.05) is 5.32 Å². The number of rotatable bonds is 3. The number of hydrogen-bond donors (Lipinski definition) is 1. The highest BCUT2D eigenvalue weighted by atomic mass is 79.9. The van der Waals surface area contributed by atoms with Gasteiger partial charge in [0.1, 0.15) is 5.82 Å². The van der Waals surface area contributed by atoms with Crippen LogP contribution >= 0.6 is 15.9 Å². The fourth-order valence-electron chi connectivity index (χ4n) is 1.57. The second kappa shape index (κ2) is 5.70. The van der Waals surface area contributed by atoms with E-state index >= 15 is 0 Å². The molecule has 0 heterocycles. The lowest BCUT2D eigenvalue weighted by atomic mass is 10.2. The molecule has 0 saturated heterocycles. The summed E-state index contributed by atoms with van der Waals surface area (Å²) in [4.78, 5) is 0. The van der Waals surface area contributed by atoms with Gasteiger partial charge in [0.2, 0.25) is 0 Å². The second-order valence-electron chi connectivity index (χ2n) is 3.83. The lowest BCUT2D eigenvalue weighted by Gasteiger charge is -2.07. The summed E-state index contributed by atoms with van der Waals surface area (Å²) in [5.41, 5.74) is 2.78. The van der Waals surface area contributed by atoms with E-state index in [0.29, 0.717) is 11.0 Å². The Balaban J connectivity index is 2.07. The van der Waals surface area contributed by atoms with Crippen molar-refractivity contribution >= 4 is 21.6 Å². The van der Waals surface area contributed by atoms with Gasteiger partial charge in [-0.1, -0.05) is 18.1 Å². The standard InChI is InChI=1S/C15H11BrFN/c1-2-11-4-3-5-13(8-11)18-10-12-6-7-15(17)14(16)9-12/h1,3-9,18H,10H2. The minimum Gasteiger partial charge on any atom is -0.381 e. The van der Waals surface area contributed by atoms with Crippen molar-refractivity contribution in [2.24, 2.45) is 0 Å². The molecule has 0 aliphatic heterocycles. The van der Waals surface area contributed by atoms with E-state index < -0.39 is 0 Å². The van der Waals surface area contributed by atoms with E-state index in [1.807, 2.05) is 24.3 Å². The van der Waals surface area contributed by atoms with E-state index in [9.17, 15) is 4.39 Å². The van der Waals surface area contributed by atoms with E-state index in [-0.39, 0.29) is 5.82 Å². The fourth-order valence-corrected chi connectivity index (χ4v) is 2.00. The van der Waals surface area contributed by atoms with Gasteiger partial charge in [-0.15, -0.1) is 6.42 Å². The van der Waals surface area contributed by atoms with Crippen molar-refractivity contribution < 1.29 is 4.39 Å². The highest BCUT2D eigenvalue weighted by Crippen LogP contribution is 2.18. The zero-order valence-corrected chi connectivity index (χ0v) is 11.2. The third-order valence-corrected chi connectivity index (χ3v) is 3.12. The number of anilines is 1. The van der Waals surface area contributed by atoms with Crippen LogP contribution in [0, 0.1) is 18.2 Å². The van der Waals surface area contributed by atoms with Crippen LogP contribution in [-0.2, 0) is 6.54 Å². The van der Waals surface area contributed by atoms with Gasteiger partial charge in [-0.2, -0.15) is 0 Å². The van der Waals surface area contributed by atoms with Crippen molar-refractivity contribution in [2.45, 2.75) is 6.54 Å². The molecule has 0 bridgehead atoms. The van der Waals surface area contributed by atoms with Crippen LogP contribution in [0.1, 0.15) is 11.1 Å². The largest absolute Gasteiger partial charge is 0.381 e. The van der Waals surface area contributed by atoms with E-state index in [0.717, 1.165) is 16.8 Å². The van der Waals surface area contributed by atoms with Crippen molar-refractivity contribution in [1.82, 2.24) is 0 Å². The maximum atomic E-state index is 13.1. The van der Waals surface area contributed by atoms with E-state index in [4.69, 9.17) is 6.42 Å². The topological polar surface area (TPSA) is 12.0 Å². The molecule has 0 aliphatic carbocycles. The highest BCUT2D eigenvalue weighted by Gasteiger charge is 2.00. The summed E-state index contributed by atoms with van der Waals surface area (Å²) in [5, 5.41) is 3.24. The summed E-state index contributed by atoms with van der Waals surface area (Å²) in [6.45, 7) is 0.618. The Hall–Kier alpha value is -1.79. The number of hydrogen-bond acceptors (Lipinski definition) is 1. The summed E-state index contributed by atoms with van der Waals surface area (Å²) in [6, 6.07) is 12.6. The lowest BCUT2D eigenvalue weighted by Crippen LogP contribution is -1.99. The van der Waals surface area contributed by atoms with Crippen molar-refractivity contribution in [1.29, 1.82) is 0 Å². The summed E-state index contributed by atoms with van der Waals surface area (Å²) >= 11 is 3.17. The Labute approximate surface area is 114 Å². The van der Waals surface area contributed by atoms with Gasteiger partial charge in [-0.25, -0.2) is 4.39 Å². The number of benzene rings is 2. The molecule has 0 aromatic heterocycles. The zero-order valence-electron chi connectivity index (χ0n) is 9.58. The van der Waals surface area contributed by atoms with Crippen LogP contribution in [0.3, 0.4) is 0 Å². The van der Waals surface area contributed by atoms with Gasteiger partial charge in [0.25, 0.3) is 0 Å². The molecule has 0 fully saturated rings. The predicted molar refractivity (Wildman–Crippen MR) is 75.8 cm³/mol. The summed E-state index contributed by atoms with van der Waals surface area (Å²) in [7, 11) is 0. The number of halogens is 2. The molecule has 1 N–H and O–H groups in total. The molecule has 0 atom stereocenters. The molecule has 2 rings (SSSR count). The van der Waals surface area contributed by atoms with Crippen molar-refractivity contribution in [3.8, 4) is 12.3 Å². The van der Waals surface area contributed by atoms with Gasteiger partial charge in [0, 0.05) is 17.8 Å². The second-order valence-corrected chi connectivity index (χ2v) is 4.68. The van der Waals surface area contributed by atoms with Crippen molar-refractivity contribution in [3.05, 3.63) is 63.9 Å². The minimum atomic E-state index is -0.256. The van der Waals surface area contributed by atoms with Crippen LogP contribution in [-0.4, -0.2) is 0 Å². The Morgan fingerprint density at radius 2 is 2.06 bits per heavy atom. The molecule has 0 spiro atoms. The quantitative estimate of drug-likeness (QED) is 0.839. The van der Waals surface area contributed by atoms with Gasteiger partial charge in [-0.05, 0) is 51.8 Å². The first-order valence-corrected chi connectivity index (χ1v) is 6.23. The van der Waals surface area contributed by atoms with E-state index in [1.54, 1.807) is 12.1 Å². The van der Waals surface area contributed by atoms with Crippen LogP contribution in [0.4, 0.5) is 10.1 Å². The smallest absolute Gasteiger partial charge is 0.137 e. The zero-order chi connectivity index (χ0) is 13.0. The Morgan fingerprint density at radius 1 is 1.22 bits per heavy atom. The maximum absolute atomic E-state index is 13.1. The molecule has 18 heavy (non-hydrogen) atoms. The third kappa shape index (κ3) is 3.12. The van der Waals surface area contributed by atoms with Crippen LogP contribution in [0.25, 0.3) is 0 Å². The third-order valence-electron chi connectivity index (χ3n) is 2.51. The van der Waals surface area contributed by atoms with Gasteiger partial charge in [0.05, 0.1) is 4.47 Å². The lowest BCUT2D eigenvalue weighted by molar-refractivity contribution is 0.620. The summed E-state index contributed by atoms with van der Waals surface area (Å²) in [5.74, 6) is 2.33. The summed E-state index contributed by atoms with van der Waals surface area (Å²) in [6.07, 6.45) is 5.34. The Kier molecular flexibility index (Phi) is 4.01. The number of nitrogens with one attached hydrogen (secondary N) is 1. The molecule has 3 heteroatoms. The molecule has 2 aromatic rings. The Bertz CT molecular complexity index is 602. The maximum Gasteiger partial charge on any atom is 0.137 e. The average molecular weight is 304 g/mol. The molecule has 0 amide bonds. The van der Waals surface area contributed by atoms with Gasteiger partial charge >= 0.3 is 0 Å². The first-order chi connectivity index (χ1) is 8.69. The van der Waals surface area contributed by atoms with Gasteiger partial charge in [0.15, 0.2) is 0 Å². The van der Waals surface area contributed by atoms with E-state index in [1.165, 1.54) is 6.07 Å². The predicted octanol–water partition coefficient (Wildman–Crippen LogP) is 4.18. The minimum absolute atomic E-state index is 0.256. The molecule has 90 valence electrons. The molecule has 2 aromatic carbocycles. The highest BCUT2D eigenvalue weighted by molar-refractivity contribution is 9.10. The first kappa shape index (κ1) is 12.7. The first-order valence-electron chi connectivity index (χ1n) is 5.43. The van der Waals surface area contributed by atoms with Gasteiger partial charge < -0.3 is 5.32 Å². The fraction of sp³-hybridized carbons (Fsp3) is 0.0667. The molecule has 0 unspecified atom stereocenters. The molecule has 0 aliphatic rings. The normalized spacial score (nSPS) is 9.83. The number of terminal acetylenes is 1. The average Bonchev–Trinajstić information content (AvgIpc) is 2.40. The summed E-state index contributed by atoms with van der Waals surface area (Å²) < 4.78 is 13.5. The van der Waals surface area contributed by atoms with Crippen LogP contribution in [0.15, 0.2) is 46.9 Å². The molecule has 1 nitrogen and oxygen atoms in total. The monoisotopic (exact) mass is 303 g/mol. The molecular formula is C15H11BrFN. The van der Waals surface area contributed by atoms with Crippen LogP contribution in [0.5, 0.6) is 0 Å². The van der Waals surface area contributed by atoms with Crippen LogP contribution in [0.2, 0.25) is 0 Å². The SMILES string of the molecule is C#Cc1cccc(NCc2ccc(F)c(Br)c2)c1. The van der Waals surface area contributed by atoms with Crippen LogP contribution < -0.4 is 5.32 Å². The molecule has 0 saturated carbocycles.